The molecule has 0 atom stereocenters. The number of hydrogen-bond donors (Lipinski definition) is 0. The maximum Gasteiger partial charge on any atom is 0.323 e. The number of rotatable bonds is 18. The standard InChI is InChI=1S/C19H36O8/c1-5-8-19(4,17(20)26-15-13-24-11-9-22-6-2)18(21)27-16-14-25-12-10-23-7-3/h5-16H2,1-4H3. The van der Waals surface area contributed by atoms with Gasteiger partial charge < -0.3 is 28.4 Å². The van der Waals surface area contributed by atoms with E-state index < -0.39 is 17.4 Å². The Bertz CT molecular complexity index is 356. The van der Waals surface area contributed by atoms with Crippen LogP contribution in [0.4, 0.5) is 0 Å². The average Bonchev–Trinajstić information content (AvgIpc) is 2.66. The third kappa shape index (κ3) is 12.0. The van der Waals surface area contributed by atoms with Crippen molar-refractivity contribution in [3.63, 3.8) is 0 Å². The van der Waals surface area contributed by atoms with Crippen molar-refractivity contribution in [3.05, 3.63) is 0 Å². The van der Waals surface area contributed by atoms with E-state index in [4.69, 9.17) is 28.4 Å². The molecule has 8 heteroatoms. The predicted octanol–water partition coefficient (Wildman–Crippen LogP) is 1.99. The van der Waals surface area contributed by atoms with Gasteiger partial charge in [-0.2, -0.15) is 0 Å². The fourth-order valence-electron chi connectivity index (χ4n) is 2.22. The van der Waals surface area contributed by atoms with E-state index in [2.05, 4.69) is 0 Å². The number of carbonyl (C=O) groups excluding carboxylic acids is 2. The molecule has 0 unspecified atom stereocenters. The highest BCUT2D eigenvalue weighted by Gasteiger charge is 2.43. The van der Waals surface area contributed by atoms with Gasteiger partial charge in [0.15, 0.2) is 5.41 Å². The van der Waals surface area contributed by atoms with Gasteiger partial charge in [-0.05, 0) is 27.2 Å². The van der Waals surface area contributed by atoms with Gasteiger partial charge in [0.05, 0.1) is 39.6 Å². The van der Waals surface area contributed by atoms with E-state index in [0.717, 1.165) is 0 Å². The van der Waals surface area contributed by atoms with E-state index in [-0.39, 0.29) is 26.4 Å². The lowest BCUT2D eigenvalue weighted by Gasteiger charge is -2.24. The Morgan fingerprint density at radius 3 is 1.37 bits per heavy atom. The van der Waals surface area contributed by atoms with Crippen molar-refractivity contribution in [1.82, 2.24) is 0 Å². The first-order valence-corrected chi connectivity index (χ1v) is 9.68. The van der Waals surface area contributed by atoms with Gasteiger partial charge in [0.25, 0.3) is 0 Å². The van der Waals surface area contributed by atoms with Gasteiger partial charge in [0, 0.05) is 13.2 Å². The summed E-state index contributed by atoms with van der Waals surface area (Å²) < 4.78 is 31.3. The summed E-state index contributed by atoms with van der Waals surface area (Å²) in [4.78, 5) is 24.8. The van der Waals surface area contributed by atoms with Crippen LogP contribution in [0.1, 0.15) is 40.5 Å². The molecule has 0 saturated heterocycles. The molecule has 0 heterocycles. The molecule has 0 N–H and O–H groups in total. The Hall–Kier alpha value is -1.22. The minimum absolute atomic E-state index is 0.0814. The molecule has 0 radical (unpaired) electrons. The van der Waals surface area contributed by atoms with Gasteiger partial charge in [-0.3, -0.25) is 9.59 Å². The molecule has 0 aromatic rings. The van der Waals surface area contributed by atoms with E-state index in [0.29, 0.717) is 52.5 Å². The Balaban J connectivity index is 4.17. The number of ether oxygens (including phenoxy) is 6. The zero-order valence-electron chi connectivity index (χ0n) is 17.3. The molecule has 0 bridgehead atoms. The molecule has 27 heavy (non-hydrogen) atoms. The molecule has 0 aromatic heterocycles. The minimum Gasteiger partial charge on any atom is -0.462 e. The Morgan fingerprint density at radius 1 is 0.630 bits per heavy atom. The van der Waals surface area contributed by atoms with E-state index in [1.54, 1.807) is 6.92 Å². The van der Waals surface area contributed by atoms with Crippen molar-refractivity contribution in [2.24, 2.45) is 5.41 Å². The van der Waals surface area contributed by atoms with Crippen LogP contribution in [0.3, 0.4) is 0 Å². The topological polar surface area (TPSA) is 89.5 Å². The number of esters is 2. The lowest BCUT2D eigenvalue weighted by molar-refractivity contribution is -0.173. The Kier molecular flexibility index (Phi) is 16.2. The van der Waals surface area contributed by atoms with Crippen molar-refractivity contribution in [2.75, 3.05) is 66.1 Å². The van der Waals surface area contributed by atoms with Crippen molar-refractivity contribution in [3.8, 4) is 0 Å². The SMILES string of the molecule is CCCC(C)(C(=O)OCCOCCOCC)C(=O)OCCOCCOCC. The van der Waals surface area contributed by atoms with Crippen LogP contribution in [-0.2, 0) is 38.0 Å². The van der Waals surface area contributed by atoms with Crippen molar-refractivity contribution in [2.45, 2.75) is 40.5 Å². The largest absolute Gasteiger partial charge is 0.462 e. The molecule has 0 aliphatic carbocycles. The quantitative estimate of drug-likeness (QED) is 0.199. The summed E-state index contributed by atoms with van der Waals surface area (Å²) in [6, 6.07) is 0. The highest BCUT2D eigenvalue weighted by atomic mass is 16.6. The van der Waals surface area contributed by atoms with Gasteiger partial charge in [0.2, 0.25) is 0 Å². The first-order chi connectivity index (χ1) is 13.0. The van der Waals surface area contributed by atoms with Crippen LogP contribution in [0.25, 0.3) is 0 Å². The molecule has 0 amide bonds. The smallest absolute Gasteiger partial charge is 0.323 e. The van der Waals surface area contributed by atoms with Gasteiger partial charge >= 0.3 is 11.9 Å². The molecule has 0 saturated carbocycles. The Labute approximate surface area is 162 Å². The summed E-state index contributed by atoms with van der Waals surface area (Å²) in [7, 11) is 0. The minimum atomic E-state index is -1.33. The molecule has 0 aliphatic rings. The first kappa shape index (κ1) is 25.8. The monoisotopic (exact) mass is 392 g/mol. The second-order valence-electron chi connectivity index (χ2n) is 5.97. The van der Waals surface area contributed by atoms with Crippen LogP contribution in [0.15, 0.2) is 0 Å². The average molecular weight is 392 g/mol. The van der Waals surface area contributed by atoms with Crippen LogP contribution < -0.4 is 0 Å². The molecule has 0 aromatic carbocycles. The van der Waals surface area contributed by atoms with E-state index in [1.165, 1.54) is 0 Å². The molecule has 0 spiro atoms. The fraction of sp³-hybridized carbons (Fsp3) is 0.895. The summed E-state index contributed by atoms with van der Waals surface area (Å²) in [5.74, 6) is -1.19. The predicted molar refractivity (Wildman–Crippen MR) is 99.6 cm³/mol. The summed E-state index contributed by atoms with van der Waals surface area (Å²) >= 11 is 0. The van der Waals surface area contributed by atoms with Gasteiger partial charge in [0.1, 0.15) is 13.2 Å². The summed E-state index contributed by atoms with van der Waals surface area (Å²) in [6.45, 7) is 11.1. The van der Waals surface area contributed by atoms with Gasteiger partial charge in [-0.25, -0.2) is 0 Å². The molecular formula is C19H36O8. The molecular weight excluding hydrogens is 356 g/mol. The third-order valence-electron chi connectivity index (χ3n) is 3.72. The van der Waals surface area contributed by atoms with Crippen LogP contribution in [0, 0.1) is 5.41 Å². The lowest BCUT2D eigenvalue weighted by atomic mass is 9.86. The number of hydrogen-bond acceptors (Lipinski definition) is 8. The summed E-state index contributed by atoms with van der Waals surface area (Å²) in [5.41, 5.74) is -1.33. The van der Waals surface area contributed by atoms with Crippen molar-refractivity contribution < 1.29 is 38.0 Å². The normalized spacial score (nSPS) is 11.4. The fourth-order valence-corrected chi connectivity index (χ4v) is 2.22. The zero-order valence-corrected chi connectivity index (χ0v) is 17.3. The van der Waals surface area contributed by atoms with E-state index in [1.807, 2.05) is 20.8 Å². The van der Waals surface area contributed by atoms with E-state index >= 15 is 0 Å². The Morgan fingerprint density at radius 2 is 1.00 bits per heavy atom. The van der Waals surface area contributed by atoms with E-state index in [9.17, 15) is 9.59 Å². The molecule has 8 nitrogen and oxygen atoms in total. The second-order valence-corrected chi connectivity index (χ2v) is 5.97. The molecule has 0 fully saturated rings. The summed E-state index contributed by atoms with van der Waals surface area (Å²) in [5, 5.41) is 0. The van der Waals surface area contributed by atoms with Crippen LogP contribution in [0.2, 0.25) is 0 Å². The molecule has 160 valence electrons. The van der Waals surface area contributed by atoms with Crippen LogP contribution in [0.5, 0.6) is 0 Å². The molecule has 0 rings (SSSR count). The number of carbonyl (C=O) groups is 2. The van der Waals surface area contributed by atoms with Crippen LogP contribution in [-0.4, -0.2) is 78.0 Å². The maximum absolute atomic E-state index is 12.4. The zero-order chi connectivity index (χ0) is 20.4. The lowest BCUT2D eigenvalue weighted by Crippen LogP contribution is -2.40. The third-order valence-corrected chi connectivity index (χ3v) is 3.72. The van der Waals surface area contributed by atoms with Crippen LogP contribution >= 0.6 is 0 Å². The van der Waals surface area contributed by atoms with Crippen molar-refractivity contribution in [1.29, 1.82) is 0 Å². The first-order valence-electron chi connectivity index (χ1n) is 9.68. The highest BCUT2D eigenvalue weighted by Crippen LogP contribution is 2.27. The van der Waals surface area contributed by atoms with Gasteiger partial charge in [-0.1, -0.05) is 13.3 Å². The highest BCUT2D eigenvalue weighted by molar-refractivity contribution is 5.99. The summed E-state index contributed by atoms with van der Waals surface area (Å²) in [6.07, 6.45) is 0.997. The molecule has 0 aliphatic heterocycles. The van der Waals surface area contributed by atoms with Crippen molar-refractivity contribution >= 4 is 11.9 Å². The second kappa shape index (κ2) is 16.9. The van der Waals surface area contributed by atoms with Gasteiger partial charge in [-0.15, -0.1) is 0 Å². The maximum atomic E-state index is 12.4.